The number of amides is 12. The Morgan fingerprint density at radius 1 is 0.362 bits per heavy atom. The first-order chi connectivity index (χ1) is 76.3. The number of rotatable bonds is 45. The summed E-state index contributed by atoms with van der Waals surface area (Å²) in [5.74, 6) is -6.59. The van der Waals surface area contributed by atoms with Crippen LogP contribution in [0.3, 0.4) is 0 Å². The highest BCUT2D eigenvalue weighted by atomic mass is 16.5. The van der Waals surface area contributed by atoms with Crippen molar-refractivity contribution in [1.29, 1.82) is 0 Å². The number of nitrogens with zero attached hydrogens (tertiary/aromatic N) is 3. The topological polar surface area (TPSA) is 360 Å². The van der Waals surface area contributed by atoms with Crippen LogP contribution < -0.4 is 62.1 Å². The van der Waals surface area contributed by atoms with Gasteiger partial charge in [-0.3, -0.25) is 28.8 Å². The lowest BCUT2D eigenvalue weighted by molar-refractivity contribution is -0.129. The molecule has 0 aromatic heterocycles. The van der Waals surface area contributed by atoms with Crippen molar-refractivity contribution in [2.24, 2.45) is 17.8 Å². The lowest BCUT2D eigenvalue weighted by Crippen LogP contribution is -2.59. The molecule has 0 aliphatic carbocycles. The predicted molar refractivity (Wildman–Crippen MR) is 559 cm³/mol. The highest BCUT2D eigenvalue weighted by Crippen LogP contribution is 2.29. The molecule has 0 spiro atoms. The van der Waals surface area contributed by atoms with E-state index in [1.165, 1.54) is 75.1 Å². The van der Waals surface area contributed by atoms with Crippen LogP contribution in [-0.2, 0) is 67.1 Å². The molecule has 27 nitrogen and oxygen atoms in total. The summed E-state index contributed by atoms with van der Waals surface area (Å²) >= 11 is 0. The van der Waals surface area contributed by atoms with Crippen LogP contribution in [0.2, 0.25) is 0 Å². The Bertz CT molecular complexity index is 6540. The molecular formula is C114H156N12O15. The molecule has 762 valence electrons. The van der Waals surface area contributed by atoms with E-state index in [1.54, 1.807) is 159 Å². The number of hydrogen-bond donors (Lipinski definition) is 12. The quantitative estimate of drug-likeness (QED) is 0.0169. The van der Waals surface area contributed by atoms with Crippen LogP contribution in [0, 0.1) is 59.2 Å². The van der Waals surface area contributed by atoms with Gasteiger partial charge in [0, 0.05) is 92.8 Å². The molecular weight excluding hydrogens is 1780 g/mol. The monoisotopic (exact) mass is 1960 g/mol. The molecule has 3 heterocycles. The highest BCUT2D eigenvalue weighted by molar-refractivity contribution is 5.90. The van der Waals surface area contributed by atoms with Crippen molar-refractivity contribution in [2.45, 2.75) is 255 Å². The van der Waals surface area contributed by atoms with Crippen LogP contribution in [0.5, 0.6) is 17.2 Å². The minimum absolute atomic E-state index is 0. The second-order valence-electron chi connectivity index (χ2n) is 34.6. The summed E-state index contributed by atoms with van der Waals surface area (Å²) in [6, 6.07) is 47.7. The van der Waals surface area contributed by atoms with Crippen LogP contribution in [0.1, 0.15) is 205 Å². The molecule has 0 saturated carbocycles. The van der Waals surface area contributed by atoms with Crippen molar-refractivity contribution in [2.75, 3.05) is 58.9 Å². The van der Waals surface area contributed by atoms with E-state index >= 15 is 0 Å². The molecule has 12 N–H and O–H groups in total. The number of benzene rings is 9. The summed E-state index contributed by atoms with van der Waals surface area (Å²) in [6.45, 7) is -2.78. The molecule has 3 fully saturated rings. The van der Waals surface area contributed by atoms with E-state index in [4.69, 9.17) is 47.1 Å². The Labute approximate surface area is 873 Å². The average Bonchev–Trinajstić information content (AvgIpc) is 0.715. The third-order valence-electron chi connectivity index (χ3n) is 22.5. The maximum Gasteiger partial charge on any atom is 0.318 e. The molecule has 9 aromatic carbocycles. The first-order valence-electron chi connectivity index (χ1n) is 58.8. The molecule has 3 aliphatic heterocycles. The number of aryl methyl sites for hydroxylation is 6. The number of carbonyl (C=O) groups excluding carboxylic acids is 9. The smallest absolute Gasteiger partial charge is 0.318 e. The molecule has 12 rings (SSSR count). The number of para-hydroxylation sites is 3. The van der Waals surface area contributed by atoms with Crippen molar-refractivity contribution in [3.05, 3.63) is 303 Å². The number of urea groups is 3. The zero-order chi connectivity index (χ0) is 122. The standard InChI is InChI=1S/3C37H48N4O5.3CH4/c3*1-25(2)34(41-20-12-19-38-37(41)45)36(44)39-30(21-28-15-7-5-8-16-28)23-32(42)31(22-29-17-9-6-10-18-29)40-33(43)24-46-35-26(3)13-11-14-27(35)4;;;/h3*5-11,13-18,25,30-32,34,42H,12,19-24H2,1-4H3,(H,38,45)(H,39,44)(H,40,43);3*1H4/t3*30-,31-,32-,34-;;;/m000.../s1/i3D3,4D3,12D2,19D2,20D2,22D2;12D2,19D2,20D2,22D2;21D2,22D2;;;. The van der Waals surface area contributed by atoms with Crippen LogP contribution >= 0.6 is 0 Å². The summed E-state index contributed by atoms with van der Waals surface area (Å²) in [5.41, 5.74) is 4.18. The second kappa shape index (κ2) is 58.8. The van der Waals surface area contributed by atoms with Gasteiger partial charge in [0.1, 0.15) is 35.4 Å². The fraction of sp³-hybridized carbons (Fsp3) is 0.447. The number of carbonyl (C=O) groups is 9. The lowest BCUT2D eigenvalue weighted by atomic mass is 9.92. The maximum absolute atomic E-state index is 14.2. The van der Waals surface area contributed by atoms with E-state index in [2.05, 4.69) is 37.2 Å². The molecule has 0 bridgehead atoms. The van der Waals surface area contributed by atoms with Gasteiger partial charge in [0.25, 0.3) is 17.7 Å². The predicted octanol–water partition coefficient (Wildman–Crippen LogP) is 14.9. The minimum atomic E-state index is -3.35. The van der Waals surface area contributed by atoms with E-state index in [0.29, 0.717) is 51.9 Å². The first kappa shape index (κ1) is 80.5. The SMILES string of the molecule is C.C.C.[2H]C([2H])([2H])c1cccc(C([2H])([2H])[2H])c1OCC(=O)N[C@H]([C@@H](O)C[C@H](Cc1ccccc1)NC(=O)[C@H](C(C)C)N1C(=O)NC([2H])([2H])C([2H])([2H])C1([2H])[2H])C([2H])([2H])c1ccccc1.[2H]C([2H])(c1ccccc1)[C@H](NC(=O)COc1c(C)cccc1C)[C@@H](O)C[C@@H](NC(=O)[C@H](C(C)C)N1CCCNC1=O)C([2H])([2H])c1ccccc1.[2H]C([2H])(c1ccccc1)[C@H](NC(=O)COc1c(C)cccc1C)[C@@H](O)C[C@H](Cc1ccccc1)NC(=O)[C@H](C(C)C)N1C(=O)NC([2H])([2H])C([2H])([2H])C1([2H])[2H]. The lowest BCUT2D eigenvalue weighted by Gasteiger charge is -2.37. The van der Waals surface area contributed by atoms with Crippen LogP contribution in [0.4, 0.5) is 14.4 Å². The van der Waals surface area contributed by atoms with Gasteiger partial charge < -0.3 is 92.1 Å². The van der Waals surface area contributed by atoms with E-state index in [0.717, 1.165) is 34.4 Å². The number of nitrogens with one attached hydrogen (secondary N) is 9. The molecule has 9 aromatic rings. The normalized spacial score (nSPS) is 20.9. The Morgan fingerprint density at radius 3 is 0.936 bits per heavy atom. The van der Waals surface area contributed by atoms with Gasteiger partial charge in [-0.25, -0.2) is 14.4 Å². The van der Waals surface area contributed by atoms with Crippen molar-refractivity contribution in [3.8, 4) is 17.2 Å². The number of aliphatic hydroxyl groups excluding tert-OH is 3. The molecule has 0 unspecified atom stereocenters. The van der Waals surface area contributed by atoms with Gasteiger partial charge in [-0.15, -0.1) is 0 Å². The Kier molecular flexibility index (Phi) is 33.6. The minimum Gasteiger partial charge on any atom is -0.483 e. The maximum atomic E-state index is 14.2. The zero-order valence-electron chi connectivity index (χ0n) is 105. The Hall–Kier alpha value is -13.1. The van der Waals surface area contributed by atoms with E-state index in [9.17, 15) is 61.2 Å². The van der Waals surface area contributed by atoms with E-state index in [-0.39, 0.29) is 69.7 Å². The first-order valence-corrected chi connectivity index (χ1v) is 45.8. The zero-order valence-corrected chi connectivity index (χ0v) is 79.0. The molecule has 12 atom stereocenters. The molecule has 3 saturated heterocycles. The van der Waals surface area contributed by atoms with E-state index in [1.807, 2.05) is 74.7 Å². The molecule has 0 radical (unpaired) electrons. The van der Waals surface area contributed by atoms with Gasteiger partial charge in [-0.2, -0.15) is 0 Å². The van der Waals surface area contributed by atoms with Gasteiger partial charge in [0.2, 0.25) is 17.7 Å². The van der Waals surface area contributed by atoms with Crippen molar-refractivity contribution in [3.63, 3.8) is 0 Å². The van der Waals surface area contributed by atoms with Crippen molar-refractivity contribution < 1.29 is 108 Å². The highest BCUT2D eigenvalue weighted by Gasteiger charge is 2.40. The van der Waals surface area contributed by atoms with Crippen LogP contribution in [-0.4, -0.2) is 215 Å². The van der Waals surface area contributed by atoms with Gasteiger partial charge in [0.15, 0.2) is 19.8 Å². The summed E-state index contributed by atoms with van der Waals surface area (Å²) in [7, 11) is 0. The number of hydrogen-bond acceptors (Lipinski definition) is 15. The van der Waals surface area contributed by atoms with Gasteiger partial charge in [-0.05, 0) is 203 Å². The van der Waals surface area contributed by atoms with Gasteiger partial charge in [-0.1, -0.05) is 300 Å². The summed E-state index contributed by atoms with van der Waals surface area (Å²) in [6.07, 6.45) is -21.9. The largest absolute Gasteiger partial charge is 0.483 e. The molecule has 12 amide bonds. The van der Waals surface area contributed by atoms with Crippen LogP contribution in [0.25, 0.3) is 0 Å². The van der Waals surface area contributed by atoms with Crippen molar-refractivity contribution >= 4 is 53.5 Å². The number of aliphatic hydroxyl groups is 3. The van der Waals surface area contributed by atoms with Gasteiger partial charge in [0.05, 0.1) is 36.4 Å². The summed E-state index contributed by atoms with van der Waals surface area (Å²) in [4.78, 5) is 124. The third kappa shape index (κ3) is 36.5. The molecule has 141 heavy (non-hydrogen) atoms. The molecule has 3 aliphatic rings. The van der Waals surface area contributed by atoms with Crippen LogP contribution in [0.15, 0.2) is 237 Å². The summed E-state index contributed by atoms with van der Waals surface area (Å²) < 4.78 is 237. The Balaban J connectivity index is 0.000000334. The average molecular weight is 1960 g/mol. The third-order valence-corrected chi connectivity index (χ3v) is 22.5. The van der Waals surface area contributed by atoms with Gasteiger partial charge >= 0.3 is 18.1 Å². The van der Waals surface area contributed by atoms with Crippen molar-refractivity contribution in [1.82, 2.24) is 62.6 Å². The second-order valence-corrected chi connectivity index (χ2v) is 34.6. The Morgan fingerprint density at radius 2 is 0.631 bits per heavy atom. The fourth-order valence-electron chi connectivity index (χ4n) is 15.9. The molecule has 27 heteroatoms. The summed E-state index contributed by atoms with van der Waals surface area (Å²) in [5, 5.41) is 58.0. The number of ether oxygens (including phenoxy) is 3. The van der Waals surface area contributed by atoms with E-state index < -0.39 is 266 Å². The fourth-order valence-corrected chi connectivity index (χ4v) is 15.9.